The highest BCUT2D eigenvalue weighted by molar-refractivity contribution is 5.82. The molecule has 1 unspecified atom stereocenters. The Hall–Kier alpha value is -2.74. The first-order valence-electron chi connectivity index (χ1n) is 7.94. The van der Waals surface area contributed by atoms with Gasteiger partial charge in [0.15, 0.2) is 6.10 Å². The van der Waals surface area contributed by atoms with E-state index >= 15 is 0 Å². The van der Waals surface area contributed by atoms with E-state index in [2.05, 4.69) is 5.10 Å². The molecular formula is C17H18FN3O4. The number of aromatic nitrogens is 2. The molecule has 0 spiro atoms. The van der Waals surface area contributed by atoms with Gasteiger partial charge in [0.2, 0.25) is 0 Å². The molecule has 132 valence electrons. The van der Waals surface area contributed by atoms with Crippen LogP contribution in [0.4, 0.5) is 4.39 Å². The zero-order valence-electron chi connectivity index (χ0n) is 13.4. The lowest BCUT2D eigenvalue weighted by Crippen LogP contribution is -2.41. The topological polar surface area (TPSA) is 95.7 Å². The maximum Gasteiger partial charge on any atom is 0.303 e. The molecule has 0 saturated heterocycles. The van der Waals surface area contributed by atoms with Crippen molar-refractivity contribution in [3.63, 3.8) is 0 Å². The summed E-state index contributed by atoms with van der Waals surface area (Å²) in [6.45, 7) is 1.16. The third-order valence-electron chi connectivity index (χ3n) is 4.17. The summed E-state index contributed by atoms with van der Waals surface area (Å²) in [6, 6.07) is 6.95. The van der Waals surface area contributed by atoms with Crippen LogP contribution in [0.1, 0.15) is 29.5 Å². The number of fused-ring (bicyclic) bond motifs is 1. The van der Waals surface area contributed by atoms with Crippen LogP contribution in [0, 0.1) is 5.82 Å². The number of benzene rings is 1. The van der Waals surface area contributed by atoms with E-state index in [0.717, 1.165) is 5.69 Å². The highest BCUT2D eigenvalue weighted by Gasteiger charge is 2.28. The Labute approximate surface area is 143 Å². The molecule has 0 aliphatic carbocycles. The van der Waals surface area contributed by atoms with E-state index in [4.69, 9.17) is 5.11 Å². The van der Waals surface area contributed by atoms with Crippen molar-refractivity contribution in [3.8, 4) is 0 Å². The number of carbonyl (C=O) groups is 2. The van der Waals surface area contributed by atoms with Crippen molar-refractivity contribution in [2.24, 2.45) is 0 Å². The highest BCUT2D eigenvalue weighted by atomic mass is 19.1. The molecule has 1 amide bonds. The molecule has 0 bridgehead atoms. The molecule has 0 fully saturated rings. The number of halogens is 1. The number of carboxylic acid groups (broad SMARTS) is 1. The number of carbonyl (C=O) groups excluding carboxylic acids is 1. The van der Waals surface area contributed by atoms with Gasteiger partial charge in [-0.05, 0) is 23.8 Å². The van der Waals surface area contributed by atoms with Gasteiger partial charge in [-0.15, -0.1) is 0 Å². The molecule has 7 nitrogen and oxygen atoms in total. The molecule has 2 N–H and O–H groups in total. The summed E-state index contributed by atoms with van der Waals surface area (Å²) >= 11 is 0. The van der Waals surface area contributed by atoms with Gasteiger partial charge in [-0.1, -0.05) is 12.1 Å². The van der Waals surface area contributed by atoms with Crippen molar-refractivity contribution in [2.75, 3.05) is 6.54 Å². The molecule has 1 aromatic carbocycles. The fourth-order valence-corrected chi connectivity index (χ4v) is 2.83. The van der Waals surface area contributed by atoms with E-state index in [1.54, 1.807) is 10.7 Å². The number of amides is 1. The smallest absolute Gasteiger partial charge is 0.303 e. The van der Waals surface area contributed by atoms with Crippen molar-refractivity contribution in [1.29, 1.82) is 0 Å². The maximum absolute atomic E-state index is 13.0. The molecular weight excluding hydrogens is 329 g/mol. The Kier molecular flexibility index (Phi) is 4.80. The quantitative estimate of drug-likeness (QED) is 0.845. The predicted molar refractivity (Wildman–Crippen MR) is 85.0 cm³/mol. The molecule has 3 rings (SSSR count). The van der Waals surface area contributed by atoms with Crippen LogP contribution >= 0.6 is 0 Å². The summed E-state index contributed by atoms with van der Waals surface area (Å²) in [5, 5.41) is 23.3. The minimum atomic E-state index is -1.35. The number of aliphatic hydroxyl groups is 1. The molecule has 2 heterocycles. The average molecular weight is 347 g/mol. The number of hydrogen-bond acceptors (Lipinski definition) is 4. The lowest BCUT2D eigenvalue weighted by atomic mass is 10.1. The van der Waals surface area contributed by atoms with Crippen LogP contribution in [-0.2, 0) is 29.1 Å². The molecule has 0 radical (unpaired) electrons. The second-order valence-electron chi connectivity index (χ2n) is 5.96. The summed E-state index contributed by atoms with van der Waals surface area (Å²) in [5.74, 6) is -1.77. The Bertz CT molecular complexity index is 788. The first kappa shape index (κ1) is 17.1. The first-order valence-corrected chi connectivity index (χ1v) is 7.94. The highest BCUT2D eigenvalue weighted by Crippen LogP contribution is 2.21. The van der Waals surface area contributed by atoms with Gasteiger partial charge in [0, 0.05) is 13.0 Å². The van der Waals surface area contributed by atoms with Crippen LogP contribution in [-0.4, -0.2) is 43.3 Å². The molecule has 2 aromatic rings. The Morgan fingerprint density at radius 1 is 1.24 bits per heavy atom. The number of aliphatic hydroxyl groups excluding tert-OH is 1. The number of hydrogen-bond donors (Lipinski definition) is 2. The number of aryl methyl sites for hydroxylation is 1. The molecule has 1 aliphatic heterocycles. The normalized spacial score (nSPS) is 14.9. The van der Waals surface area contributed by atoms with Crippen LogP contribution in [0.25, 0.3) is 0 Å². The molecule has 1 aliphatic rings. The van der Waals surface area contributed by atoms with E-state index in [9.17, 15) is 19.1 Å². The van der Waals surface area contributed by atoms with E-state index in [-0.39, 0.29) is 13.0 Å². The van der Waals surface area contributed by atoms with Crippen LogP contribution in [0.5, 0.6) is 0 Å². The summed E-state index contributed by atoms with van der Waals surface area (Å²) in [5.41, 5.74) is 1.81. The van der Waals surface area contributed by atoms with Gasteiger partial charge in [-0.25, -0.2) is 4.39 Å². The molecule has 1 atom stereocenters. The summed E-state index contributed by atoms with van der Waals surface area (Å²) in [6.07, 6.45) is -1.01. The van der Waals surface area contributed by atoms with Gasteiger partial charge in [-0.2, -0.15) is 5.10 Å². The summed E-state index contributed by atoms with van der Waals surface area (Å²) in [4.78, 5) is 24.7. The van der Waals surface area contributed by atoms with Gasteiger partial charge < -0.3 is 15.1 Å². The largest absolute Gasteiger partial charge is 0.481 e. The Morgan fingerprint density at radius 3 is 2.64 bits per heavy atom. The maximum atomic E-state index is 13.0. The molecule has 1 aromatic heterocycles. The molecule has 0 saturated carbocycles. The Morgan fingerprint density at radius 2 is 1.96 bits per heavy atom. The van der Waals surface area contributed by atoms with Gasteiger partial charge in [-0.3, -0.25) is 14.3 Å². The minimum absolute atomic E-state index is 0.00236. The molecule has 8 heteroatoms. The fraction of sp³-hybridized carbons (Fsp3) is 0.353. The van der Waals surface area contributed by atoms with Gasteiger partial charge in [0.25, 0.3) is 5.91 Å². The lowest BCUT2D eigenvalue weighted by Gasteiger charge is -2.29. The van der Waals surface area contributed by atoms with Crippen molar-refractivity contribution in [3.05, 3.63) is 53.1 Å². The van der Waals surface area contributed by atoms with Crippen LogP contribution in [0.15, 0.2) is 30.3 Å². The minimum Gasteiger partial charge on any atom is -0.481 e. The van der Waals surface area contributed by atoms with Gasteiger partial charge in [0.05, 0.1) is 30.9 Å². The van der Waals surface area contributed by atoms with Crippen molar-refractivity contribution in [1.82, 2.24) is 14.7 Å². The summed E-state index contributed by atoms with van der Waals surface area (Å²) < 4.78 is 14.7. The summed E-state index contributed by atoms with van der Waals surface area (Å²) in [7, 11) is 0. The van der Waals surface area contributed by atoms with Crippen LogP contribution in [0.3, 0.4) is 0 Å². The number of aliphatic carboxylic acids is 1. The van der Waals surface area contributed by atoms with Crippen molar-refractivity contribution < 1.29 is 24.2 Å². The van der Waals surface area contributed by atoms with E-state index in [1.165, 1.54) is 29.2 Å². The third-order valence-corrected chi connectivity index (χ3v) is 4.17. The van der Waals surface area contributed by atoms with E-state index in [0.29, 0.717) is 30.8 Å². The fourth-order valence-electron chi connectivity index (χ4n) is 2.83. The van der Waals surface area contributed by atoms with Crippen molar-refractivity contribution in [2.45, 2.75) is 32.0 Å². The number of rotatable bonds is 5. The second kappa shape index (κ2) is 7.02. The standard InChI is InChI=1S/C17H18FN3O4/c18-12-3-1-11(2-4-12)16(24)17(25)20-7-8-21-14(10-20)9-13(19-21)5-6-15(22)23/h1-4,9,16,24H,5-8,10H2,(H,22,23). The monoisotopic (exact) mass is 347 g/mol. The van der Waals surface area contributed by atoms with Gasteiger partial charge in [0.1, 0.15) is 5.82 Å². The zero-order chi connectivity index (χ0) is 18.0. The Balaban J connectivity index is 1.68. The van der Waals surface area contributed by atoms with Crippen molar-refractivity contribution >= 4 is 11.9 Å². The average Bonchev–Trinajstić information content (AvgIpc) is 3.01. The molecule has 25 heavy (non-hydrogen) atoms. The number of carboxylic acids is 1. The third kappa shape index (κ3) is 3.85. The van der Waals surface area contributed by atoms with E-state index in [1.807, 2.05) is 0 Å². The SMILES string of the molecule is O=C(O)CCc1cc2n(n1)CCN(C(=O)C(O)c1ccc(F)cc1)C2. The first-order chi connectivity index (χ1) is 11.9. The second-order valence-corrected chi connectivity index (χ2v) is 5.96. The predicted octanol–water partition coefficient (Wildman–Crippen LogP) is 1.12. The van der Waals surface area contributed by atoms with E-state index < -0.39 is 23.8 Å². The lowest BCUT2D eigenvalue weighted by molar-refractivity contribution is -0.142. The zero-order valence-corrected chi connectivity index (χ0v) is 13.4. The van der Waals surface area contributed by atoms with Gasteiger partial charge >= 0.3 is 5.97 Å². The van der Waals surface area contributed by atoms with Crippen LogP contribution in [0.2, 0.25) is 0 Å². The van der Waals surface area contributed by atoms with Crippen LogP contribution < -0.4 is 0 Å². The number of nitrogens with zero attached hydrogens (tertiary/aromatic N) is 3.